The largest absolute Gasteiger partial charge is 0.390 e. The lowest BCUT2D eigenvalue weighted by Crippen LogP contribution is -2.56. The minimum atomic E-state index is -0.924. The van der Waals surface area contributed by atoms with Gasteiger partial charge in [-0.15, -0.1) is 15.1 Å². The Morgan fingerprint density at radius 2 is 1.72 bits per heavy atom. The lowest BCUT2D eigenvalue weighted by atomic mass is 10.1. The van der Waals surface area contributed by atoms with Crippen LogP contribution in [0.5, 0.6) is 0 Å². The van der Waals surface area contributed by atoms with Gasteiger partial charge in [0.2, 0.25) is 0 Å². The molecule has 0 aromatic carbocycles. The quantitative estimate of drug-likeness (QED) is 0.322. The van der Waals surface area contributed by atoms with Gasteiger partial charge in [0, 0.05) is 6.42 Å². The van der Waals surface area contributed by atoms with Gasteiger partial charge >= 0.3 is 11.0 Å². The van der Waals surface area contributed by atoms with E-state index in [-0.39, 0.29) is 32.0 Å². The number of hydroxylamine groups is 3. The van der Waals surface area contributed by atoms with Crippen LogP contribution in [0.25, 0.3) is 0 Å². The Bertz CT molecular complexity index is 612. The van der Waals surface area contributed by atoms with Gasteiger partial charge in [0.1, 0.15) is 13.1 Å². The highest BCUT2D eigenvalue weighted by atomic mass is 17.0. The van der Waals surface area contributed by atoms with Crippen molar-refractivity contribution in [3.8, 4) is 0 Å². The smallest absolute Gasteiger partial charge is 0.348 e. The fourth-order valence-corrected chi connectivity index (χ4v) is 3.21. The van der Waals surface area contributed by atoms with Crippen molar-refractivity contribution < 1.29 is 24.6 Å². The summed E-state index contributed by atoms with van der Waals surface area (Å²) in [6, 6.07) is 0. The predicted octanol–water partition coefficient (Wildman–Crippen LogP) is 4.44. The van der Waals surface area contributed by atoms with Crippen LogP contribution in [-0.2, 0) is 9.73 Å². The van der Waals surface area contributed by atoms with Gasteiger partial charge < -0.3 is 5.11 Å². The standard InChI is InChI=1S/C22H35N2O5/c1-21-15-11-7-5-3-2-4-6-8-13-17-22(26)24(19-20-25,29-23(27)28)18-14-10-9-12-16-21/h3-6,11-12,15-16,21,25H,2,7-10,13-14,17-20H2,1H3/q+1/b5-3-,6-4-,15-11-,16-12-. The molecule has 0 aromatic rings. The van der Waals surface area contributed by atoms with E-state index >= 15 is 0 Å². The van der Waals surface area contributed by atoms with Crippen molar-refractivity contribution in [2.24, 2.45) is 5.92 Å². The van der Waals surface area contributed by atoms with Crippen LogP contribution >= 0.6 is 0 Å². The first-order valence-electron chi connectivity index (χ1n) is 10.5. The summed E-state index contributed by atoms with van der Waals surface area (Å²) in [5.41, 5.74) is 0. The molecule has 0 spiro atoms. The molecule has 0 aliphatic carbocycles. The highest BCUT2D eigenvalue weighted by Crippen LogP contribution is 2.17. The highest BCUT2D eigenvalue weighted by Gasteiger charge is 2.41. The van der Waals surface area contributed by atoms with E-state index in [1.54, 1.807) is 0 Å². The van der Waals surface area contributed by atoms with Gasteiger partial charge in [-0.1, -0.05) is 60.2 Å². The zero-order valence-corrected chi connectivity index (χ0v) is 17.4. The third kappa shape index (κ3) is 10.8. The normalized spacial score (nSPS) is 30.0. The van der Waals surface area contributed by atoms with E-state index in [1.807, 2.05) is 6.08 Å². The topological polar surface area (TPSA) is 89.7 Å². The minimum Gasteiger partial charge on any atom is -0.390 e. The number of quaternary nitrogens is 1. The van der Waals surface area contributed by atoms with E-state index in [4.69, 9.17) is 4.94 Å². The average Bonchev–Trinajstić information content (AvgIpc) is 2.67. The Morgan fingerprint density at radius 1 is 1.07 bits per heavy atom. The lowest BCUT2D eigenvalue weighted by molar-refractivity contribution is -1.19. The van der Waals surface area contributed by atoms with Crippen molar-refractivity contribution in [1.82, 2.24) is 0 Å². The maximum absolute atomic E-state index is 12.8. The number of amides is 1. The molecule has 29 heavy (non-hydrogen) atoms. The maximum atomic E-state index is 12.8. The van der Waals surface area contributed by atoms with Gasteiger partial charge in [-0.3, -0.25) is 0 Å². The van der Waals surface area contributed by atoms with E-state index in [1.165, 1.54) is 0 Å². The second-order valence-electron chi connectivity index (χ2n) is 7.28. The number of hydrogen-bond acceptors (Lipinski definition) is 5. The van der Waals surface area contributed by atoms with Gasteiger partial charge in [0.15, 0.2) is 0 Å². The van der Waals surface area contributed by atoms with Gasteiger partial charge in [-0.2, -0.15) is 0 Å². The third-order valence-electron chi connectivity index (χ3n) is 4.80. The fourth-order valence-electron chi connectivity index (χ4n) is 3.21. The number of nitrogens with zero attached hydrogens (tertiary/aromatic N) is 2. The second kappa shape index (κ2) is 14.7. The molecular formula is C22H35N2O5+. The number of hydrogen-bond donors (Lipinski definition) is 1. The molecule has 7 nitrogen and oxygen atoms in total. The SMILES string of the molecule is CC1/C=C\C/C=C\C/C=C\CCCC(=O)[N+](CCO)(O[N+](=O)[O-])CCCC/C=C\1. The molecular weight excluding hydrogens is 372 g/mol. The van der Waals surface area contributed by atoms with Crippen LogP contribution in [0, 0.1) is 16.0 Å². The van der Waals surface area contributed by atoms with Gasteiger partial charge in [0.25, 0.3) is 0 Å². The Labute approximate surface area is 173 Å². The molecule has 1 rings (SSSR count). The van der Waals surface area contributed by atoms with E-state index in [9.17, 15) is 20.0 Å². The maximum Gasteiger partial charge on any atom is 0.348 e. The van der Waals surface area contributed by atoms with Crippen molar-refractivity contribution in [1.29, 1.82) is 0 Å². The molecule has 1 amide bonds. The molecule has 7 heteroatoms. The molecule has 1 aliphatic rings. The molecule has 0 aromatic heterocycles. The zero-order valence-electron chi connectivity index (χ0n) is 17.4. The monoisotopic (exact) mass is 407 g/mol. The summed E-state index contributed by atoms with van der Waals surface area (Å²) in [7, 11) is 0. The van der Waals surface area contributed by atoms with Crippen LogP contribution in [0.1, 0.15) is 58.3 Å². The summed E-state index contributed by atoms with van der Waals surface area (Å²) in [6.07, 6.45) is 22.3. The predicted molar refractivity (Wildman–Crippen MR) is 113 cm³/mol. The second-order valence-corrected chi connectivity index (χ2v) is 7.28. The van der Waals surface area contributed by atoms with Crippen molar-refractivity contribution in [2.75, 3.05) is 19.7 Å². The van der Waals surface area contributed by atoms with Crippen LogP contribution in [-0.4, -0.2) is 40.4 Å². The first-order valence-corrected chi connectivity index (χ1v) is 10.5. The van der Waals surface area contributed by atoms with Crippen molar-refractivity contribution in [3.63, 3.8) is 0 Å². The van der Waals surface area contributed by atoms with Gasteiger partial charge in [0.05, 0.1) is 13.0 Å². The molecule has 1 aliphatic heterocycles. The molecule has 2 unspecified atom stereocenters. The summed E-state index contributed by atoms with van der Waals surface area (Å²) in [5.74, 6) is -0.00898. The molecule has 0 radical (unpaired) electrons. The number of rotatable bonds is 4. The number of allylic oxidation sites excluding steroid dienone is 8. The number of carbonyl (C=O) groups is 1. The molecule has 0 bridgehead atoms. The van der Waals surface area contributed by atoms with Crippen LogP contribution in [0.2, 0.25) is 0 Å². The summed E-state index contributed by atoms with van der Waals surface area (Å²) < 4.78 is -0.751. The molecule has 0 saturated heterocycles. The number of aliphatic hydroxyl groups excluding tert-OH is 1. The van der Waals surface area contributed by atoms with Crippen LogP contribution in [0.15, 0.2) is 48.6 Å². The first kappa shape index (κ1) is 24.8. The molecule has 0 saturated carbocycles. The third-order valence-corrected chi connectivity index (χ3v) is 4.80. The van der Waals surface area contributed by atoms with Crippen molar-refractivity contribution in [2.45, 2.75) is 58.3 Å². The van der Waals surface area contributed by atoms with Gasteiger partial charge in [-0.25, -0.2) is 4.79 Å². The van der Waals surface area contributed by atoms with Crippen molar-refractivity contribution >= 4 is 5.91 Å². The molecule has 1 N–H and O–H groups in total. The van der Waals surface area contributed by atoms with E-state index in [0.29, 0.717) is 18.8 Å². The van der Waals surface area contributed by atoms with Crippen LogP contribution in [0.3, 0.4) is 0 Å². The fraction of sp³-hybridized carbons (Fsp3) is 0.591. The number of aliphatic hydroxyl groups is 1. The van der Waals surface area contributed by atoms with E-state index in [0.717, 1.165) is 32.1 Å². The lowest BCUT2D eigenvalue weighted by Gasteiger charge is -2.29. The molecule has 1 heterocycles. The van der Waals surface area contributed by atoms with E-state index < -0.39 is 9.73 Å². The molecule has 162 valence electrons. The molecule has 2 atom stereocenters. The summed E-state index contributed by atoms with van der Waals surface area (Å²) >= 11 is 0. The summed E-state index contributed by atoms with van der Waals surface area (Å²) in [4.78, 5) is 28.6. The average molecular weight is 408 g/mol. The van der Waals surface area contributed by atoms with Crippen LogP contribution in [0.4, 0.5) is 0 Å². The van der Waals surface area contributed by atoms with Crippen molar-refractivity contribution in [3.05, 3.63) is 58.7 Å². The first-order chi connectivity index (χ1) is 14.0. The summed E-state index contributed by atoms with van der Waals surface area (Å²) in [6.45, 7) is 1.84. The minimum absolute atomic E-state index is 0.113. The summed E-state index contributed by atoms with van der Waals surface area (Å²) in [5, 5.41) is 19.5. The Balaban J connectivity index is 2.85. The molecule has 0 fully saturated rings. The zero-order chi connectivity index (χ0) is 21.4. The highest BCUT2D eigenvalue weighted by molar-refractivity contribution is 5.68. The Hall–Kier alpha value is -2.25. The van der Waals surface area contributed by atoms with Gasteiger partial charge in [-0.05, 0) is 44.4 Å². The van der Waals surface area contributed by atoms with E-state index in [2.05, 4.69) is 49.5 Å². The Morgan fingerprint density at radius 3 is 2.45 bits per heavy atom. The Kier molecular flexibility index (Phi) is 12.6. The number of carbonyl (C=O) groups excluding carboxylic acids is 1. The van der Waals surface area contributed by atoms with Crippen LogP contribution < -0.4 is 0 Å².